The van der Waals surface area contributed by atoms with Gasteiger partial charge in [0.25, 0.3) is 0 Å². The molecule has 0 spiro atoms. The number of rotatable bonds is 7. The summed E-state index contributed by atoms with van der Waals surface area (Å²) in [5.41, 5.74) is 0. The van der Waals surface area contributed by atoms with Gasteiger partial charge in [-0.1, -0.05) is 0 Å². The Hall–Kier alpha value is -1.29. The Morgan fingerprint density at radius 2 is 2.32 bits per heavy atom. The fraction of sp³-hybridized carbons (Fsp3) is 0.400. The van der Waals surface area contributed by atoms with E-state index < -0.39 is 10.0 Å². The molecule has 0 aliphatic rings. The normalized spacial score (nSPS) is 11.8. The van der Waals surface area contributed by atoms with Crippen LogP contribution in [0, 0.1) is 0 Å². The summed E-state index contributed by atoms with van der Waals surface area (Å²) in [4.78, 5) is 5.22. The van der Waals surface area contributed by atoms with Crippen LogP contribution in [0.5, 0.6) is 0 Å². The number of hydrogen-bond donors (Lipinski definition) is 3. The molecular formula is C10H15N5O2S2. The van der Waals surface area contributed by atoms with Gasteiger partial charge >= 0.3 is 0 Å². The molecule has 19 heavy (non-hydrogen) atoms. The lowest BCUT2D eigenvalue weighted by atomic mass is 10.4. The van der Waals surface area contributed by atoms with E-state index in [9.17, 15) is 8.42 Å². The molecule has 0 saturated carbocycles. The van der Waals surface area contributed by atoms with E-state index >= 15 is 0 Å². The highest BCUT2D eigenvalue weighted by Gasteiger charge is 2.15. The number of aromatic nitrogens is 3. The van der Waals surface area contributed by atoms with Crippen LogP contribution in [0.2, 0.25) is 0 Å². The summed E-state index contributed by atoms with van der Waals surface area (Å²) < 4.78 is 26.6. The van der Waals surface area contributed by atoms with E-state index in [2.05, 4.69) is 25.2 Å². The Balaban J connectivity index is 1.93. The van der Waals surface area contributed by atoms with Crippen LogP contribution in [0.1, 0.15) is 10.7 Å². The second-order valence-corrected chi connectivity index (χ2v) is 6.62. The molecule has 0 aromatic carbocycles. The number of aromatic amines is 1. The molecule has 0 unspecified atom stereocenters. The molecule has 0 aliphatic carbocycles. The smallest absolute Gasteiger partial charge is 0.241 e. The molecule has 2 rings (SSSR count). The minimum atomic E-state index is -3.44. The maximum Gasteiger partial charge on any atom is 0.241 e. The largest absolute Gasteiger partial charge is 0.315 e. The van der Waals surface area contributed by atoms with Gasteiger partial charge < -0.3 is 5.32 Å². The maximum atomic E-state index is 12.0. The Morgan fingerprint density at radius 1 is 1.47 bits per heavy atom. The highest BCUT2D eigenvalue weighted by molar-refractivity contribution is 7.89. The molecular weight excluding hydrogens is 286 g/mol. The van der Waals surface area contributed by atoms with Gasteiger partial charge in [0.1, 0.15) is 12.2 Å². The van der Waals surface area contributed by atoms with Crippen molar-refractivity contribution in [2.24, 2.45) is 0 Å². The van der Waals surface area contributed by atoms with E-state index in [4.69, 9.17) is 0 Å². The summed E-state index contributed by atoms with van der Waals surface area (Å²) in [6.45, 7) is 0.951. The van der Waals surface area contributed by atoms with Crippen molar-refractivity contribution in [3.8, 4) is 0 Å². The third-order valence-electron chi connectivity index (χ3n) is 2.41. The zero-order valence-corrected chi connectivity index (χ0v) is 12.0. The van der Waals surface area contributed by atoms with Gasteiger partial charge in [0.15, 0.2) is 0 Å². The summed E-state index contributed by atoms with van der Waals surface area (Å²) in [6.07, 6.45) is 1.87. The first-order valence-electron chi connectivity index (χ1n) is 5.68. The number of nitrogens with one attached hydrogen (secondary N) is 3. The molecule has 104 valence electrons. The van der Waals surface area contributed by atoms with Crippen molar-refractivity contribution in [1.29, 1.82) is 0 Å². The van der Waals surface area contributed by atoms with E-state index in [0.717, 1.165) is 4.88 Å². The highest BCUT2D eigenvalue weighted by Crippen LogP contribution is 2.18. The molecule has 0 amide bonds. The fourth-order valence-corrected chi connectivity index (χ4v) is 3.83. The van der Waals surface area contributed by atoms with Gasteiger partial charge in [-0.2, -0.15) is 5.10 Å². The summed E-state index contributed by atoms with van der Waals surface area (Å²) in [5.74, 6) is 0.656. The third-order valence-corrected chi connectivity index (χ3v) is 4.94. The van der Waals surface area contributed by atoms with Crippen LogP contribution >= 0.6 is 11.3 Å². The van der Waals surface area contributed by atoms with Crippen LogP contribution in [0.4, 0.5) is 0 Å². The fourth-order valence-electron chi connectivity index (χ4n) is 1.51. The second-order valence-electron chi connectivity index (χ2n) is 3.86. The predicted octanol–water partition coefficient (Wildman–Crippen LogP) is 0.107. The van der Waals surface area contributed by atoms with E-state index in [1.165, 1.54) is 17.7 Å². The molecule has 2 aromatic heterocycles. The Morgan fingerprint density at radius 3 is 3.00 bits per heavy atom. The molecule has 0 fully saturated rings. The quantitative estimate of drug-likeness (QED) is 0.674. The topological polar surface area (TPSA) is 99.8 Å². The summed E-state index contributed by atoms with van der Waals surface area (Å²) in [6, 6.07) is 1.68. The molecule has 0 atom stereocenters. The lowest BCUT2D eigenvalue weighted by Gasteiger charge is -2.03. The highest BCUT2D eigenvalue weighted by atomic mass is 32.2. The first kappa shape index (κ1) is 14.1. The Labute approximate surface area is 115 Å². The Bertz CT molecular complexity index is 606. The van der Waals surface area contributed by atoms with E-state index in [-0.39, 0.29) is 6.54 Å². The van der Waals surface area contributed by atoms with Gasteiger partial charge in [-0.05, 0) is 13.1 Å². The average molecular weight is 301 g/mol. The summed E-state index contributed by atoms with van der Waals surface area (Å²) in [5, 5.41) is 11.0. The van der Waals surface area contributed by atoms with Crippen LogP contribution in [0.3, 0.4) is 0 Å². The van der Waals surface area contributed by atoms with Crippen molar-refractivity contribution in [1.82, 2.24) is 25.2 Å². The molecule has 3 N–H and O–H groups in total. The minimum Gasteiger partial charge on any atom is -0.315 e. The van der Waals surface area contributed by atoms with Gasteiger partial charge in [-0.15, -0.1) is 11.3 Å². The summed E-state index contributed by atoms with van der Waals surface area (Å²) in [7, 11) is -1.62. The number of sulfonamides is 1. The van der Waals surface area contributed by atoms with Gasteiger partial charge in [0.2, 0.25) is 10.0 Å². The van der Waals surface area contributed by atoms with Crippen molar-refractivity contribution in [3.63, 3.8) is 0 Å². The van der Waals surface area contributed by atoms with Crippen molar-refractivity contribution in [2.75, 3.05) is 13.6 Å². The lowest BCUT2D eigenvalue weighted by molar-refractivity contribution is 0.581. The standard InChI is InChI=1S/C10H15N5O2S2/c1-11-5-8-4-9(6-18-8)19(16,17)14-3-2-10-12-7-13-15-10/h4,6-7,11,14H,2-3,5H2,1H3,(H,12,13,15). The number of nitrogens with zero attached hydrogens (tertiary/aromatic N) is 2. The third kappa shape index (κ3) is 3.83. The molecule has 2 heterocycles. The first-order valence-corrected chi connectivity index (χ1v) is 8.04. The van der Waals surface area contributed by atoms with Crippen molar-refractivity contribution in [3.05, 3.63) is 28.5 Å². The molecule has 0 bridgehead atoms. The van der Waals surface area contributed by atoms with Gasteiger partial charge in [0.05, 0.1) is 4.90 Å². The van der Waals surface area contributed by atoms with E-state index in [1.54, 1.807) is 11.4 Å². The SMILES string of the molecule is CNCc1cc(S(=O)(=O)NCCc2ncn[nH]2)cs1. The van der Waals surface area contributed by atoms with Crippen molar-refractivity contribution < 1.29 is 8.42 Å². The van der Waals surface area contributed by atoms with Crippen molar-refractivity contribution >= 4 is 21.4 Å². The molecule has 0 radical (unpaired) electrons. The minimum absolute atomic E-state index is 0.286. The average Bonchev–Trinajstić information content (AvgIpc) is 3.00. The van der Waals surface area contributed by atoms with Crippen molar-refractivity contribution in [2.45, 2.75) is 17.9 Å². The van der Waals surface area contributed by atoms with Crippen LogP contribution in [0.25, 0.3) is 0 Å². The zero-order chi connectivity index (χ0) is 13.7. The predicted molar refractivity (Wildman–Crippen MR) is 72.4 cm³/mol. The molecule has 2 aromatic rings. The van der Waals surface area contributed by atoms with E-state index in [0.29, 0.717) is 23.7 Å². The van der Waals surface area contributed by atoms with Crippen LogP contribution in [-0.4, -0.2) is 37.2 Å². The van der Waals surface area contributed by atoms with Crippen LogP contribution in [0.15, 0.2) is 22.7 Å². The maximum absolute atomic E-state index is 12.0. The number of thiophene rings is 1. The monoisotopic (exact) mass is 301 g/mol. The molecule has 9 heteroatoms. The Kier molecular flexibility index (Phi) is 4.64. The van der Waals surface area contributed by atoms with Gasteiger partial charge in [-0.25, -0.2) is 18.1 Å². The molecule has 7 nitrogen and oxygen atoms in total. The molecule has 0 saturated heterocycles. The molecule has 0 aliphatic heterocycles. The zero-order valence-electron chi connectivity index (χ0n) is 10.4. The van der Waals surface area contributed by atoms with E-state index in [1.807, 2.05) is 7.05 Å². The first-order chi connectivity index (χ1) is 9.12. The summed E-state index contributed by atoms with van der Waals surface area (Å²) >= 11 is 1.42. The van der Waals surface area contributed by atoms with Gasteiger partial charge in [0, 0.05) is 29.8 Å². The van der Waals surface area contributed by atoms with Gasteiger partial charge in [-0.3, -0.25) is 5.10 Å². The second kappa shape index (κ2) is 6.24. The lowest BCUT2D eigenvalue weighted by Crippen LogP contribution is -2.25. The van der Waals surface area contributed by atoms with Crippen LogP contribution < -0.4 is 10.0 Å². The van der Waals surface area contributed by atoms with Crippen LogP contribution in [-0.2, 0) is 23.0 Å². The number of H-pyrrole nitrogens is 1. The number of hydrogen-bond acceptors (Lipinski definition) is 6.